The van der Waals surface area contributed by atoms with Crippen molar-refractivity contribution in [2.75, 3.05) is 15.8 Å². The van der Waals surface area contributed by atoms with Crippen LogP contribution in [0.25, 0.3) is 0 Å². The zero-order chi connectivity index (χ0) is 13.2. The van der Waals surface area contributed by atoms with Gasteiger partial charge < -0.3 is 5.32 Å². The van der Waals surface area contributed by atoms with Crippen molar-refractivity contribution in [3.63, 3.8) is 0 Å². The van der Waals surface area contributed by atoms with Gasteiger partial charge in [0.1, 0.15) is 0 Å². The summed E-state index contributed by atoms with van der Waals surface area (Å²) in [5.74, 6) is 1.08. The van der Waals surface area contributed by atoms with Crippen molar-refractivity contribution < 1.29 is 8.42 Å². The van der Waals surface area contributed by atoms with Gasteiger partial charge in [0.15, 0.2) is 0 Å². The predicted molar refractivity (Wildman–Crippen MR) is 77.1 cm³/mol. The van der Waals surface area contributed by atoms with E-state index in [0.29, 0.717) is 17.0 Å². The van der Waals surface area contributed by atoms with E-state index in [1.807, 2.05) is 17.8 Å². The van der Waals surface area contributed by atoms with E-state index in [-0.39, 0.29) is 0 Å². The first kappa shape index (κ1) is 13.5. The van der Waals surface area contributed by atoms with Gasteiger partial charge >= 0.3 is 0 Å². The molecule has 1 heterocycles. The maximum absolute atomic E-state index is 10.9. The van der Waals surface area contributed by atoms with Crippen molar-refractivity contribution in [1.82, 2.24) is 0 Å². The van der Waals surface area contributed by atoms with E-state index in [1.165, 1.54) is 0 Å². The second kappa shape index (κ2) is 5.38. The second-order valence-electron chi connectivity index (χ2n) is 4.45. The number of nitrogens with one attached hydrogen (secondary N) is 2. The topological polar surface area (TPSA) is 84.2 Å². The smallest absolute Gasteiger partial charge is 0.296 e. The maximum atomic E-state index is 10.9. The number of nitrogens with two attached hydrogens (primary N) is 1. The fraction of sp³-hybridized carbons (Fsp3) is 0.455. The summed E-state index contributed by atoms with van der Waals surface area (Å²) in [6, 6.07) is 7.57. The third kappa shape index (κ3) is 4.08. The Morgan fingerprint density at radius 2 is 2.11 bits per heavy atom. The molecule has 0 bridgehead atoms. The van der Waals surface area contributed by atoms with Crippen LogP contribution in [0, 0.1) is 0 Å². The third-order valence-electron chi connectivity index (χ3n) is 2.69. The number of hydrogen-bond donors (Lipinski definition) is 3. The zero-order valence-electron chi connectivity index (χ0n) is 10.1. The highest BCUT2D eigenvalue weighted by atomic mass is 32.2. The lowest BCUT2D eigenvalue weighted by Gasteiger charge is -2.14. The minimum absolute atomic E-state index is 0.440. The molecule has 0 spiro atoms. The van der Waals surface area contributed by atoms with Crippen molar-refractivity contribution in [3.05, 3.63) is 24.3 Å². The molecule has 2 unspecified atom stereocenters. The molecule has 0 aromatic heterocycles. The van der Waals surface area contributed by atoms with E-state index in [0.717, 1.165) is 17.9 Å². The van der Waals surface area contributed by atoms with Gasteiger partial charge in [-0.1, -0.05) is 13.0 Å². The Kier molecular flexibility index (Phi) is 4.04. The van der Waals surface area contributed by atoms with Crippen LogP contribution in [-0.4, -0.2) is 25.5 Å². The first-order valence-corrected chi connectivity index (χ1v) is 8.30. The molecule has 0 aliphatic carbocycles. The van der Waals surface area contributed by atoms with Crippen LogP contribution in [0.3, 0.4) is 0 Å². The molecule has 0 amide bonds. The molecule has 2 atom stereocenters. The maximum Gasteiger partial charge on any atom is 0.296 e. The molecule has 1 aromatic rings. The largest absolute Gasteiger partial charge is 0.381 e. The molecule has 2 rings (SSSR count). The average Bonchev–Trinajstić information content (AvgIpc) is 2.62. The molecule has 0 saturated carbocycles. The number of rotatable bonds is 4. The van der Waals surface area contributed by atoms with E-state index in [9.17, 15) is 8.42 Å². The van der Waals surface area contributed by atoms with Crippen LogP contribution in [0.5, 0.6) is 0 Å². The molecule has 7 heteroatoms. The summed E-state index contributed by atoms with van der Waals surface area (Å²) >= 11 is 1.94. The van der Waals surface area contributed by atoms with Gasteiger partial charge in [-0.05, 0) is 24.6 Å². The summed E-state index contributed by atoms with van der Waals surface area (Å²) < 4.78 is 24.1. The molecule has 100 valence electrons. The van der Waals surface area contributed by atoms with Gasteiger partial charge in [0.25, 0.3) is 10.2 Å². The number of hydrogen-bond acceptors (Lipinski definition) is 4. The number of benzene rings is 1. The Morgan fingerprint density at radius 1 is 1.39 bits per heavy atom. The van der Waals surface area contributed by atoms with Crippen LogP contribution in [0.1, 0.15) is 13.3 Å². The predicted octanol–water partition coefficient (Wildman–Crippen LogP) is 1.61. The van der Waals surface area contributed by atoms with Gasteiger partial charge in [0.2, 0.25) is 0 Å². The van der Waals surface area contributed by atoms with Gasteiger partial charge in [0.05, 0.1) is 5.69 Å². The highest BCUT2D eigenvalue weighted by molar-refractivity contribution is 8.00. The van der Waals surface area contributed by atoms with Gasteiger partial charge in [-0.3, -0.25) is 4.72 Å². The van der Waals surface area contributed by atoms with Crippen LogP contribution in [-0.2, 0) is 10.2 Å². The molecule has 1 aromatic carbocycles. The minimum atomic E-state index is -3.71. The normalized spacial score (nSPS) is 23.9. The Labute approximate surface area is 112 Å². The first-order chi connectivity index (χ1) is 8.42. The first-order valence-electron chi connectivity index (χ1n) is 5.71. The van der Waals surface area contributed by atoms with Gasteiger partial charge in [-0.15, -0.1) is 0 Å². The van der Waals surface area contributed by atoms with Gasteiger partial charge in [-0.25, -0.2) is 5.14 Å². The van der Waals surface area contributed by atoms with Gasteiger partial charge in [-0.2, -0.15) is 20.2 Å². The van der Waals surface area contributed by atoms with E-state index < -0.39 is 10.2 Å². The van der Waals surface area contributed by atoms with Crippen molar-refractivity contribution in [1.29, 1.82) is 0 Å². The Balaban J connectivity index is 2.03. The summed E-state index contributed by atoms with van der Waals surface area (Å²) in [4.78, 5) is 0. The molecular weight excluding hydrogens is 270 g/mol. The fourth-order valence-corrected chi connectivity index (χ4v) is 3.59. The molecule has 1 saturated heterocycles. The molecule has 1 fully saturated rings. The fourth-order valence-electron chi connectivity index (χ4n) is 1.99. The highest BCUT2D eigenvalue weighted by Gasteiger charge is 2.21. The van der Waals surface area contributed by atoms with E-state index in [4.69, 9.17) is 5.14 Å². The van der Waals surface area contributed by atoms with E-state index in [1.54, 1.807) is 18.2 Å². The lowest BCUT2D eigenvalue weighted by atomic mass is 10.2. The van der Waals surface area contributed by atoms with Gasteiger partial charge in [0, 0.05) is 22.7 Å². The van der Waals surface area contributed by atoms with Crippen molar-refractivity contribution in [2.45, 2.75) is 24.6 Å². The van der Waals surface area contributed by atoms with Crippen molar-refractivity contribution in [3.8, 4) is 0 Å². The summed E-state index contributed by atoms with van der Waals surface area (Å²) in [6.07, 6.45) is 1.12. The minimum Gasteiger partial charge on any atom is -0.381 e. The molecule has 1 aliphatic heterocycles. The summed E-state index contributed by atoms with van der Waals surface area (Å²) in [5, 5.41) is 9.01. The molecule has 18 heavy (non-hydrogen) atoms. The van der Waals surface area contributed by atoms with Crippen LogP contribution in [0.15, 0.2) is 24.3 Å². The third-order valence-corrected chi connectivity index (χ3v) is 4.57. The zero-order valence-corrected chi connectivity index (χ0v) is 11.7. The van der Waals surface area contributed by atoms with Crippen molar-refractivity contribution >= 4 is 33.3 Å². The Morgan fingerprint density at radius 3 is 2.72 bits per heavy atom. The Hall–Kier alpha value is -0.920. The van der Waals surface area contributed by atoms with E-state index >= 15 is 0 Å². The summed E-state index contributed by atoms with van der Waals surface area (Å²) in [7, 11) is -3.71. The van der Waals surface area contributed by atoms with Crippen LogP contribution >= 0.6 is 11.8 Å². The second-order valence-corrected chi connectivity index (χ2v) is 7.21. The lowest BCUT2D eigenvalue weighted by molar-refractivity contribution is 0.603. The van der Waals surface area contributed by atoms with Crippen LogP contribution < -0.4 is 15.2 Å². The van der Waals surface area contributed by atoms with E-state index in [2.05, 4.69) is 17.0 Å². The monoisotopic (exact) mass is 287 g/mol. The molecular formula is C11H17N3O2S2. The van der Waals surface area contributed by atoms with Crippen LogP contribution in [0.2, 0.25) is 0 Å². The summed E-state index contributed by atoms with van der Waals surface area (Å²) in [6.45, 7) is 2.21. The molecule has 5 nitrogen and oxygen atoms in total. The average molecular weight is 287 g/mol. The number of thioether (sulfide) groups is 1. The molecule has 4 N–H and O–H groups in total. The molecule has 0 radical (unpaired) electrons. The highest BCUT2D eigenvalue weighted by Crippen LogP contribution is 2.28. The lowest BCUT2D eigenvalue weighted by Crippen LogP contribution is -2.22. The standard InChI is InChI=1S/C11H17N3O2S2/c1-8-5-11(7-17-8)13-9-3-2-4-10(6-9)14-18(12,15)16/h2-4,6,8,11,13-14H,5,7H2,1H3,(H2,12,15,16). The Bertz CT molecular complexity index is 519. The number of anilines is 2. The molecule has 1 aliphatic rings. The van der Waals surface area contributed by atoms with Crippen molar-refractivity contribution in [2.24, 2.45) is 5.14 Å². The SMILES string of the molecule is CC1CC(Nc2cccc(NS(N)(=O)=O)c2)CS1. The van der Waals surface area contributed by atoms with Crippen LogP contribution in [0.4, 0.5) is 11.4 Å². The summed E-state index contributed by atoms with van der Waals surface area (Å²) in [5.41, 5.74) is 1.38. The quantitative estimate of drug-likeness (QED) is 0.785.